The molecule has 3 aromatic rings. The third-order valence-corrected chi connectivity index (χ3v) is 5.41. The number of rotatable bonds is 3. The Hall–Kier alpha value is -2.51. The zero-order valence-electron chi connectivity index (χ0n) is 14.9. The fraction of sp³-hybridized carbons (Fsp3) is 0.250. The molecule has 0 spiro atoms. The molecular weight excluding hydrogens is 408 g/mol. The van der Waals surface area contributed by atoms with Gasteiger partial charge in [-0.15, -0.1) is 0 Å². The number of hydrogen-bond acceptors (Lipinski definition) is 5. The van der Waals surface area contributed by atoms with Crippen molar-refractivity contribution in [3.63, 3.8) is 0 Å². The third-order valence-electron chi connectivity index (χ3n) is 4.69. The first-order valence-corrected chi connectivity index (χ1v) is 9.52. The van der Waals surface area contributed by atoms with Gasteiger partial charge in [-0.3, -0.25) is 14.3 Å². The summed E-state index contributed by atoms with van der Waals surface area (Å²) >= 11 is 3.60. The summed E-state index contributed by atoms with van der Waals surface area (Å²) in [7, 11) is 1.75. The number of ether oxygens (including phenoxy) is 1. The van der Waals surface area contributed by atoms with E-state index in [2.05, 4.69) is 31.9 Å². The highest BCUT2D eigenvalue weighted by Gasteiger charge is 2.26. The molecule has 0 aliphatic carbocycles. The van der Waals surface area contributed by atoms with E-state index in [9.17, 15) is 4.79 Å². The third kappa shape index (κ3) is 3.65. The Balaban J connectivity index is 1.69. The number of nitrogens with zero attached hydrogens (tertiary/aromatic N) is 4. The molecular formula is C20H19BrN4O2. The normalized spacial score (nSPS) is 17.1. The minimum atomic E-state index is -0.0873. The summed E-state index contributed by atoms with van der Waals surface area (Å²) in [4.78, 5) is 23.4. The number of hydrogen-bond donors (Lipinski definition) is 0. The maximum Gasteiger partial charge on any atom is 0.255 e. The molecule has 1 aliphatic rings. The van der Waals surface area contributed by atoms with E-state index < -0.39 is 0 Å². The predicted octanol–water partition coefficient (Wildman–Crippen LogP) is 3.18. The van der Waals surface area contributed by atoms with E-state index in [4.69, 9.17) is 9.72 Å². The fourth-order valence-corrected chi connectivity index (χ4v) is 3.78. The van der Waals surface area contributed by atoms with Gasteiger partial charge in [0.2, 0.25) is 5.95 Å². The van der Waals surface area contributed by atoms with Gasteiger partial charge in [0.25, 0.3) is 5.56 Å². The van der Waals surface area contributed by atoms with E-state index in [1.807, 2.05) is 30.3 Å². The van der Waals surface area contributed by atoms with Crippen molar-refractivity contribution in [1.29, 1.82) is 0 Å². The van der Waals surface area contributed by atoms with E-state index in [1.54, 1.807) is 30.1 Å². The van der Waals surface area contributed by atoms with Gasteiger partial charge < -0.3 is 9.64 Å². The number of aromatic nitrogens is 3. The second kappa shape index (κ2) is 7.62. The molecule has 0 unspecified atom stereocenters. The molecule has 1 atom stereocenters. The second-order valence-electron chi connectivity index (χ2n) is 6.40. The van der Waals surface area contributed by atoms with Gasteiger partial charge in [0, 0.05) is 42.1 Å². The van der Waals surface area contributed by atoms with Gasteiger partial charge in [-0.2, -0.15) is 0 Å². The number of morpholine rings is 1. The van der Waals surface area contributed by atoms with Gasteiger partial charge in [0.05, 0.1) is 18.8 Å². The first kappa shape index (κ1) is 17.9. The molecule has 1 aromatic carbocycles. The van der Waals surface area contributed by atoms with E-state index in [0.717, 1.165) is 15.6 Å². The molecule has 138 valence electrons. The fourth-order valence-electron chi connectivity index (χ4n) is 3.24. The van der Waals surface area contributed by atoms with E-state index >= 15 is 0 Å². The molecule has 1 fully saturated rings. The van der Waals surface area contributed by atoms with Crippen LogP contribution in [0.5, 0.6) is 0 Å². The summed E-state index contributed by atoms with van der Waals surface area (Å²) < 4.78 is 8.59. The monoisotopic (exact) mass is 426 g/mol. The average Bonchev–Trinajstić information content (AvgIpc) is 2.71. The molecule has 6 nitrogen and oxygen atoms in total. The van der Waals surface area contributed by atoms with Crippen molar-refractivity contribution in [2.45, 2.75) is 6.10 Å². The van der Waals surface area contributed by atoms with E-state index in [1.165, 1.54) is 0 Å². The topological polar surface area (TPSA) is 60.2 Å². The lowest BCUT2D eigenvalue weighted by atomic mass is 10.1. The summed E-state index contributed by atoms with van der Waals surface area (Å²) in [6, 6.07) is 13.3. The van der Waals surface area contributed by atoms with Crippen LogP contribution >= 0.6 is 15.9 Å². The van der Waals surface area contributed by atoms with Crippen LogP contribution < -0.4 is 10.5 Å². The van der Waals surface area contributed by atoms with Gasteiger partial charge in [-0.1, -0.05) is 34.1 Å². The molecule has 7 heteroatoms. The van der Waals surface area contributed by atoms with Crippen molar-refractivity contribution in [1.82, 2.24) is 14.5 Å². The summed E-state index contributed by atoms with van der Waals surface area (Å²) in [5.41, 5.74) is 2.53. The molecule has 1 aliphatic heterocycles. The zero-order chi connectivity index (χ0) is 18.8. The molecule has 1 saturated heterocycles. The average molecular weight is 427 g/mol. The Morgan fingerprint density at radius 1 is 1.19 bits per heavy atom. The Kier molecular flexibility index (Phi) is 5.05. The Morgan fingerprint density at radius 3 is 2.74 bits per heavy atom. The predicted molar refractivity (Wildman–Crippen MR) is 108 cm³/mol. The van der Waals surface area contributed by atoms with Crippen LogP contribution in [0.25, 0.3) is 11.3 Å². The standard InChI is InChI=1S/C20H19BrN4O2/c1-24-19(26)12-17(14-6-8-22-9-7-14)23-20(24)25-10-11-27-18(13-25)15-4-2-3-5-16(15)21/h2-9,12,18H,10-11,13H2,1H3/t18-/m0/s1. The Bertz CT molecular complexity index is 1010. The van der Waals surface area contributed by atoms with Crippen LogP contribution in [-0.4, -0.2) is 34.2 Å². The largest absolute Gasteiger partial charge is 0.370 e. The number of pyridine rings is 1. The maximum atomic E-state index is 12.5. The van der Waals surface area contributed by atoms with Crippen LogP contribution in [0.15, 0.2) is 64.1 Å². The summed E-state index contributed by atoms with van der Waals surface area (Å²) in [6.45, 7) is 1.88. The quantitative estimate of drug-likeness (QED) is 0.643. The first-order chi connectivity index (χ1) is 13.1. The highest BCUT2D eigenvalue weighted by atomic mass is 79.9. The molecule has 0 N–H and O–H groups in total. The maximum absolute atomic E-state index is 12.5. The molecule has 3 heterocycles. The van der Waals surface area contributed by atoms with Gasteiger partial charge in [0.1, 0.15) is 6.10 Å². The lowest BCUT2D eigenvalue weighted by molar-refractivity contribution is 0.0385. The molecule has 4 rings (SSSR count). The lowest BCUT2D eigenvalue weighted by Gasteiger charge is -2.35. The second-order valence-corrected chi connectivity index (χ2v) is 7.26. The number of halogens is 1. The summed E-state index contributed by atoms with van der Waals surface area (Å²) in [5.74, 6) is 0.648. The summed E-state index contributed by atoms with van der Waals surface area (Å²) in [6.07, 6.45) is 3.31. The molecule has 0 bridgehead atoms. The van der Waals surface area contributed by atoms with Crippen molar-refractivity contribution in [3.05, 3.63) is 75.2 Å². The minimum Gasteiger partial charge on any atom is -0.370 e. The van der Waals surface area contributed by atoms with E-state index in [-0.39, 0.29) is 11.7 Å². The molecule has 27 heavy (non-hydrogen) atoms. The minimum absolute atomic E-state index is 0.0872. The van der Waals surface area contributed by atoms with Crippen molar-refractivity contribution in [2.24, 2.45) is 7.05 Å². The molecule has 0 radical (unpaired) electrons. The van der Waals surface area contributed by atoms with Gasteiger partial charge in [-0.05, 0) is 23.8 Å². The van der Waals surface area contributed by atoms with Crippen molar-refractivity contribution in [2.75, 3.05) is 24.6 Å². The van der Waals surface area contributed by atoms with E-state index in [0.29, 0.717) is 31.3 Å². The van der Waals surface area contributed by atoms with Crippen molar-refractivity contribution < 1.29 is 4.74 Å². The van der Waals surface area contributed by atoms with Crippen molar-refractivity contribution >= 4 is 21.9 Å². The lowest BCUT2D eigenvalue weighted by Crippen LogP contribution is -2.41. The smallest absolute Gasteiger partial charge is 0.255 e. The van der Waals surface area contributed by atoms with Gasteiger partial charge in [-0.25, -0.2) is 4.98 Å². The Morgan fingerprint density at radius 2 is 1.96 bits per heavy atom. The first-order valence-electron chi connectivity index (χ1n) is 8.73. The summed E-state index contributed by atoms with van der Waals surface area (Å²) in [5, 5.41) is 0. The molecule has 0 amide bonds. The van der Waals surface area contributed by atoms with Crippen LogP contribution in [0.3, 0.4) is 0 Å². The highest BCUT2D eigenvalue weighted by molar-refractivity contribution is 9.10. The molecule has 2 aromatic heterocycles. The van der Waals surface area contributed by atoms with Crippen LogP contribution in [0.2, 0.25) is 0 Å². The number of anilines is 1. The van der Waals surface area contributed by atoms with Crippen LogP contribution in [0.4, 0.5) is 5.95 Å². The van der Waals surface area contributed by atoms with Gasteiger partial charge >= 0.3 is 0 Å². The van der Waals surface area contributed by atoms with Crippen molar-refractivity contribution in [3.8, 4) is 11.3 Å². The SMILES string of the molecule is Cn1c(N2CCO[C@H](c3ccccc3Br)C2)nc(-c2ccncc2)cc1=O. The Labute approximate surface area is 165 Å². The van der Waals surface area contributed by atoms with Crippen LogP contribution in [0, 0.1) is 0 Å². The highest BCUT2D eigenvalue weighted by Crippen LogP contribution is 2.30. The number of benzene rings is 1. The van der Waals surface area contributed by atoms with Crippen LogP contribution in [-0.2, 0) is 11.8 Å². The van der Waals surface area contributed by atoms with Gasteiger partial charge in [0.15, 0.2) is 0 Å². The van der Waals surface area contributed by atoms with Crippen LogP contribution in [0.1, 0.15) is 11.7 Å². The molecule has 0 saturated carbocycles. The zero-order valence-corrected chi connectivity index (χ0v) is 16.5.